The fourth-order valence-corrected chi connectivity index (χ4v) is 3.02. The monoisotopic (exact) mass is 380 g/mol. The quantitative estimate of drug-likeness (QED) is 0.707. The van der Waals surface area contributed by atoms with Crippen molar-refractivity contribution < 1.29 is 4.79 Å². The van der Waals surface area contributed by atoms with Gasteiger partial charge in [0.25, 0.3) is 5.56 Å². The summed E-state index contributed by atoms with van der Waals surface area (Å²) in [6, 6.07) is 3.70. The Morgan fingerprint density at radius 1 is 1.18 bits per heavy atom. The first-order chi connectivity index (χ1) is 13.3. The first-order valence-corrected chi connectivity index (χ1v) is 9.11. The summed E-state index contributed by atoms with van der Waals surface area (Å²) in [5.74, 6) is 0.821. The van der Waals surface area contributed by atoms with Crippen LogP contribution in [0.5, 0.6) is 0 Å². The number of aromatic amines is 1. The van der Waals surface area contributed by atoms with Gasteiger partial charge in [-0.3, -0.25) is 14.6 Å². The Morgan fingerprint density at radius 2 is 1.93 bits per heavy atom. The molecule has 28 heavy (non-hydrogen) atoms. The van der Waals surface area contributed by atoms with Gasteiger partial charge in [0.2, 0.25) is 11.9 Å². The highest BCUT2D eigenvalue weighted by molar-refractivity contribution is 5.89. The smallest absolute Gasteiger partial charge is 0.255 e. The summed E-state index contributed by atoms with van der Waals surface area (Å²) < 4.78 is 1.62. The van der Waals surface area contributed by atoms with Crippen molar-refractivity contribution in [2.45, 2.75) is 47.5 Å². The van der Waals surface area contributed by atoms with E-state index in [1.54, 1.807) is 24.7 Å². The predicted octanol–water partition coefficient (Wildman–Crippen LogP) is 2.46. The second-order valence-corrected chi connectivity index (χ2v) is 6.93. The van der Waals surface area contributed by atoms with Gasteiger partial charge in [0.1, 0.15) is 5.82 Å². The van der Waals surface area contributed by atoms with Crippen molar-refractivity contribution in [1.29, 1.82) is 0 Å². The summed E-state index contributed by atoms with van der Waals surface area (Å²) >= 11 is 0. The maximum absolute atomic E-state index is 12.3. The van der Waals surface area contributed by atoms with Gasteiger partial charge < -0.3 is 5.32 Å². The maximum Gasteiger partial charge on any atom is 0.255 e. The van der Waals surface area contributed by atoms with Gasteiger partial charge in [-0.15, -0.1) is 0 Å². The number of H-pyrrole nitrogens is 1. The van der Waals surface area contributed by atoms with Crippen molar-refractivity contribution in [1.82, 2.24) is 24.7 Å². The topological polar surface area (TPSA) is 106 Å². The lowest BCUT2D eigenvalue weighted by atomic mass is 10.1. The van der Waals surface area contributed by atoms with E-state index >= 15 is 0 Å². The van der Waals surface area contributed by atoms with E-state index in [4.69, 9.17) is 0 Å². The minimum atomic E-state index is -0.179. The van der Waals surface area contributed by atoms with Gasteiger partial charge in [0.15, 0.2) is 0 Å². The molecule has 0 bridgehead atoms. The van der Waals surface area contributed by atoms with E-state index in [0.717, 1.165) is 22.5 Å². The normalized spacial score (nSPS) is 10.9. The number of pyridine rings is 1. The Labute approximate surface area is 163 Å². The molecule has 0 fully saturated rings. The summed E-state index contributed by atoms with van der Waals surface area (Å²) in [6.45, 7) is 9.27. The fourth-order valence-electron chi connectivity index (χ4n) is 3.02. The first kappa shape index (κ1) is 19.5. The van der Waals surface area contributed by atoms with Crippen molar-refractivity contribution in [3.63, 3.8) is 0 Å². The molecule has 8 heteroatoms. The summed E-state index contributed by atoms with van der Waals surface area (Å²) in [4.78, 5) is 35.7. The van der Waals surface area contributed by atoms with Crippen LogP contribution in [-0.4, -0.2) is 30.6 Å². The fraction of sp³-hybridized carbons (Fsp3) is 0.350. The molecule has 0 aliphatic heterocycles. The molecule has 0 spiro atoms. The van der Waals surface area contributed by atoms with Gasteiger partial charge in [-0.25, -0.2) is 14.6 Å². The van der Waals surface area contributed by atoms with E-state index < -0.39 is 0 Å². The standard InChI is InChI=1S/C20H24N6O2/c1-11-8-9-21-17(10-11)23-18(27)7-6-16-14(4)25-26(15(16)5)20-22-13(3)12(2)19(28)24-20/h8-10H,6-7H2,1-5H3,(H,21,23,27)(H,22,24,28). The minimum Gasteiger partial charge on any atom is -0.311 e. The number of rotatable bonds is 5. The van der Waals surface area contributed by atoms with Crippen LogP contribution in [-0.2, 0) is 11.2 Å². The summed E-state index contributed by atoms with van der Waals surface area (Å²) in [7, 11) is 0. The van der Waals surface area contributed by atoms with Gasteiger partial charge in [0, 0.05) is 29.6 Å². The molecule has 0 radical (unpaired) electrons. The van der Waals surface area contributed by atoms with E-state index in [2.05, 4.69) is 25.4 Å². The van der Waals surface area contributed by atoms with Gasteiger partial charge in [0.05, 0.1) is 5.69 Å². The zero-order valence-electron chi connectivity index (χ0n) is 16.8. The van der Waals surface area contributed by atoms with Gasteiger partial charge >= 0.3 is 0 Å². The van der Waals surface area contributed by atoms with Crippen LogP contribution in [0.3, 0.4) is 0 Å². The van der Waals surface area contributed by atoms with Crippen LogP contribution in [0.2, 0.25) is 0 Å². The van der Waals surface area contributed by atoms with Crippen molar-refractivity contribution in [2.24, 2.45) is 0 Å². The molecule has 1 amide bonds. The lowest BCUT2D eigenvalue weighted by Crippen LogP contribution is -2.18. The molecule has 0 aliphatic carbocycles. The lowest BCUT2D eigenvalue weighted by Gasteiger charge is -2.07. The molecule has 0 saturated carbocycles. The predicted molar refractivity (Wildman–Crippen MR) is 107 cm³/mol. The molecular weight excluding hydrogens is 356 g/mol. The molecule has 3 heterocycles. The van der Waals surface area contributed by atoms with Crippen molar-refractivity contribution in [3.8, 4) is 5.95 Å². The molecular formula is C20H24N6O2. The van der Waals surface area contributed by atoms with E-state index in [9.17, 15) is 9.59 Å². The van der Waals surface area contributed by atoms with Crippen LogP contribution < -0.4 is 10.9 Å². The van der Waals surface area contributed by atoms with E-state index in [-0.39, 0.29) is 11.5 Å². The van der Waals surface area contributed by atoms with Crippen LogP contribution >= 0.6 is 0 Å². The van der Waals surface area contributed by atoms with E-state index in [0.29, 0.717) is 35.9 Å². The molecule has 2 N–H and O–H groups in total. The second kappa shape index (κ2) is 7.75. The molecule has 146 valence electrons. The Bertz CT molecular complexity index is 1100. The number of aryl methyl sites for hydroxylation is 3. The Kier molecular flexibility index (Phi) is 5.39. The SMILES string of the molecule is Cc1ccnc(NC(=O)CCc2c(C)nn(-c3nc(C)c(C)c(=O)[nH]3)c2C)c1. The van der Waals surface area contributed by atoms with E-state index in [1.165, 1.54) is 0 Å². The summed E-state index contributed by atoms with van der Waals surface area (Å²) in [5.41, 5.74) is 4.73. The molecule has 0 atom stereocenters. The van der Waals surface area contributed by atoms with Crippen molar-refractivity contribution in [2.75, 3.05) is 5.32 Å². The average molecular weight is 380 g/mol. The van der Waals surface area contributed by atoms with E-state index in [1.807, 2.05) is 32.9 Å². The number of amides is 1. The van der Waals surface area contributed by atoms with Gasteiger partial charge in [-0.1, -0.05) is 0 Å². The molecule has 0 saturated heterocycles. The van der Waals surface area contributed by atoms with Crippen LogP contribution in [0.4, 0.5) is 5.82 Å². The van der Waals surface area contributed by atoms with Crippen LogP contribution in [0, 0.1) is 34.6 Å². The Morgan fingerprint density at radius 3 is 2.61 bits per heavy atom. The third-order valence-corrected chi connectivity index (χ3v) is 4.81. The molecule has 8 nitrogen and oxygen atoms in total. The molecule has 3 aromatic rings. The largest absolute Gasteiger partial charge is 0.311 e. The number of carbonyl (C=O) groups is 1. The lowest BCUT2D eigenvalue weighted by molar-refractivity contribution is -0.116. The van der Waals surface area contributed by atoms with Crippen molar-refractivity contribution in [3.05, 3.63) is 62.5 Å². The number of hydrogen-bond acceptors (Lipinski definition) is 5. The van der Waals surface area contributed by atoms with Crippen LogP contribution in [0.15, 0.2) is 23.1 Å². The molecule has 0 aromatic carbocycles. The number of anilines is 1. The number of carbonyl (C=O) groups excluding carboxylic acids is 1. The third-order valence-electron chi connectivity index (χ3n) is 4.81. The van der Waals surface area contributed by atoms with Crippen LogP contribution in [0.25, 0.3) is 5.95 Å². The number of aromatic nitrogens is 5. The van der Waals surface area contributed by atoms with Crippen molar-refractivity contribution >= 4 is 11.7 Å². The summed E-state index contributed by atoms with van der Waals surface area (Å²) in [5, 5.41) is 7.32. The molecule has 3 aromatic heterocycles. The molecule has 3 rings (SSSR count). The first-order valence-electron chi connectivity index (χ1n) is 9.11. The van der Waals surface area contributed by atoms with Crippen LogP contribution in [0.1, 0.15) is 40.2 Å². The second-order valence-electron chi connectivity index (χ2n) is 6.93. The molecule has 0 unspecified atom stereocenters. The maximum atomic E-state index is 12.3. The number of nitrogens with zero attached hydrogens (tertiary/aromatic N) is 4. The average Bonchev–Trinajstić information content (AvgIpc) is 2.91. The summed E-state index contributed by atoms with van der Waals surface area (Å²) in [6.07, 6.45) is 2.50. The Balaban J connectivity index is 1.77. The highest BCUT2D eigenvalue weighted by Gasteiger charge is 2.16. The van der Waals surface area contributed by atoms with Gasteiger partial charge in [-0.2, -0.15) is 5.10 Å². The highest BCUT2D eigenvalue weighted by Crippen LogP contribution is 2.18. The minimum absolute atomic E-state index is 0.109. The third kappa shape index (κ3) is 4.00. The molecule has 0 aliphatic rings. The Hall–Kier alpha value is -3.29. The highest BCUT2D eigenvalue weighted by atomic mass is 16.1. The zero-order chi connectivity index (χ0) is 20.4. The zero-order valence-corrected chi connectivity index (χ0v) is 16.8. The number of hydrogen-bond donors (Lipinski definition) is 2. The number of nitrogens with one attached hydrogen (secondary N) is 2. The van der Waals surface area contributed by atoms with Gasteiger partial charge in [-0.05, 0) is 64.3 Å².